The monoisotopic (exact) mass is 283 g/mol. The second kappa shape index (κ2) is 8.59. The number of thioether (sulfide) groups is 1. The molecule has 3 nitrogen and oxygen atoms in total. The number of hydrogen-bond donors (Lipinski definition) is 3. The summed E-state index contributed by atoms with van der Waals surface area (Å²) in [4.78, 5) is 0. The molecule has 0 aliphatic carbocycles. The van der Waals surface area contributed by atoms with Gasteiger partial charge in [-0.2, -0.15) is 11.8 Å². The van der Waals surface area contributed by atoms with Crippen molar-refractivity contribution in [2.24, 2.45) is 0 Å². The molecule has 0 radical (unpaired) electrons. The fourth-order valence-corrected chi connectivity index (χ4v) is 3.06. The standard InChI is InChI=1S/C15H25NO2S/c1-13(2)16-15(12-18,8-10-19-11-9-17)14-6-4-3-5-7-14/h3-7,13,16-18H,8-12H2,1-2H3. The molecule has 0 aliphatic heterocycles. The summed E-state index contributed by atoms with van der Waals surface area (Å²) in [6.45, 7) is 4.47. The SMILES string of the molecule is CC(C)NC(CO)(CCSCCO)c1ccccc1. The minimum absolute atomic E-state index is 0.0783. The third-order valence-corrected chi connectivity index (χ3v) is 4.03. The van der Waals surface area contributed by atoms with Crippen molar-refractivity contribution in [1.29, 1.82) is 0 Å². The van der Waals surface area contributed by atoms with Gasteiger partial charge in [0.15, 0.2) is 0 Å². The Morgan fingerprint density at radius 2 is 1.84 bits per heavy atom. The minimum Gasteiger partial charge on any atom is -0.396 e. The Bertz CT molecular complexity index is 345. The molecule has 108 valence electrons. The molecule has 0 saturated heterocycles. The summed E-state index contributed by atoms with van der Waals surface area (Å²) >= 11 is 1.72. The lowest BCUT2D eigenvalue weighted by Crippen LogP contribution is -2.49. The molecular formula is C15H25NO2S. The molecule has 0 heterocycles. The molecule has 1 aromatic carbocycles. The summed E-state index contributed by atoms with van der Waals surface area (Å²) in [6.07, 6.45) is 0.844. The van der Waals surface area contributed by atoms with Gasteiger partial charge in [0.1, 0.15) is 0 Å². The van der Waals surface area contributed by atoms with Crippen LogP contribution in [0.4, 0.5) is 0 Å². The van der Waals surface area contributed by atoms with E-state index >= 15 is 0 Å². The Kier molecular flexibility index (Phi) is 7.46. The van der Waals surface area contributed by atoms with Crippen molar-refractivity contribution in [3.05, 3.63) is 35.9 Å². The van der Waals surface area contributed by atoms with Crippen LogP contribution < -0.4 is 5.32 Å². The van der Waals surface area contributed by atoms with Crippen LogP contribution in [0, 0.1) is 0 Å². The molecule has 1 aromatic rings. The summed E-state index contributed by atoms with van der Waals surface area (Å²) in [7, 11) is 0. The fraction of sp³-hybridized carbons (Fsp3) is 0.600. The molecule has 4 heteroatoms. The molecule has 1 rings (SSSR count). The van der Waals surface area contributed by atoms with E-state index in [1.165, 1.54) is 0 Å². The quantitative estimate of drug-likeness (QED) is 0.607. The lowest BCUT2D eigenvalue weighted by molar-refractivity contribution is 0.147. The van der Waals surface area contributed by atoms with Crippen LogP contribution in [0.15, 0.2) is 30.3 Å². The summed E-state index contributed by atoms with van der Waals surface area (Å²) in [6, 6.07) is 10.4. The van der Waals surface area contributed by atoms with Gasteiger partial charge in [-0.05, 0) is 31.6 Å². The van der Waals surface area contributed by atoms with Gasteiger partial charge >= 0.3 is 0 Å². The lowest BCUT2D eigenvalue weighted by Gasteiger charge is -2.36. The first-order valence-corrected chi connectivity index (χ1v) is 7.93. The molecule has 0 spiro atoms. The van der Waals surface area contributed by atoms with Crippen molar-refractivity contribution in [3.8, 4) is 0 Å². The highest BCUT2D eigenvalue weighted by atomic mass is 32.2. The van der Waals surface area contributed by atoms with Crippen molar-refractivity contribution >= 4 is 11.8 Å². The van der Waals surface area contributed by atoms with Crippen LogP contribution in [0.25, 0.3) is 0 Å². The average molecular weight is 283 g/mol. The molecule has 0 fully saturated rings. The highest BCUT2D eigenvalue weighted by Gasteiger charge is 2.31. The Hall–Kier alpha value is -0.550. The fourth-order valence-electron chi connectivity index (χ4n) is 2.24. The van der Waals surface area contributed by atoms with Crippen LogP contribution in [-0.2, 0) is 5.54 Å². The Labute approximate surface area is 120 Å². The first kappa shape index (κ1) is 16.5. The van der Waals surface area contributed by atoms with Crippen LogP contribution >= 0.6 is 11.8 Å². The van der Waals surface area contributed by atoms with E-state index in [9.17, 15) is 5.11 Å². The zero-order valence-corrected chi connectivity index (χ0v) is 12.6. The van der Waals surface area contributed by atoms with E-state index in [-0.39, 0.29) is 13.2 Å². The van der Waals surface area contributed by atoms with E-state index in [0.29, 0.717) is 6.04 Å². The zero-order chi connectivity index (χ0) is 14.1. The minimum atomic E-state index is -0.391. The van der Waals surface area contributed by atoms with Gasteiger partial charge in [-0.25, -0.2) is 0 Å². The largest absolute Gasteiger partial charge is 0.396 e. The van der Waals surface area contributed by atoms with Crippen LogP contribution in [0.5, 0.6) is 0 Å². The maximum absolute atomic E-state index is 9.91. The number of hydrogen-bond acceptors (Lipinski definition) is 4. The molecule has 0 amide bonds. The highest BCUT2D eigenvalue weighted by molar-refractivity contribution is 7.99. The van der Waals surface area contributed by atoms with Crippen LogP contribution in [0.1, 0.15) is 25.8 Å². The predicted octanol–water partition coefficient (Wildman–Crippen LogP) is 1.99. The molecule has 3 N–H and O–H groups in total. The van der Waals surface area contributed by atoms with E-state index < -0.39 is 5.54 Å². The second-order valence-corrected chi connectivity index (χ2v) is 6.22. The maximum Gasteiger partial charge on any atom is 0.0678 e. The Balaban J connectivity index is 2.82. The van der Waals surface area contributed by atoms with Gasteiger partial charge in [0, 0.05) is 11.8 Å². The lowest BCUT2D eigenvalue weighted by atomic mass is 9.87. The normalized spacial score (nSPS) is 14.6. The maximum atomic E-state index is 9.91. The number of aliphatic hydroxyl groups excluding tert-OH is 2. The molecule has 1 unspecified atom stereocenters. The summed E-state index contributed by atoms with van der Waals surface area (Å²) in [5, 5.41) is 22.3. The van der Waals surface area contributed by atoms with Gasteiger partial charge in [-0.3, -0.25) is 0 Å². The van der Waals surface area contributed by atoms with Crippen molar-refractivity contribution in [3.63, 3.8) is 0 Å². The molecule has 0 aliphatic rings. The van der Waals surface area contributed by atoms with E-state index in [1.54, 1.807) is 11.8 Å². The smallest absolute Gasteiger partial charge is 0.0678 e. The molecule has 0 aromatic heterocycles. The summed E-state index contributed by atoms with van der Waals surface area (Å²) < 4.78 is 0. The van der Waals surface area contributed by atoms with E-state index in [4.69, 9.17) is 5.11 Å². The highest BCUT2D eigenvalue weighted by Crippen LogP contribution is 2.27. The van der Waals surface area contributed by atoms with Gasteiger partial charge in [0.25, 0.3) is 0 Å². The van der Waals surface area contributed by atoms with Gasteiger partial charge in [0.2, 0.25) is 0 Å². The molecule has 1 atom stereocenters. The number of aliphatic hydroxyl groups is 2. The average Bonchev–Trinajstić information content (AvgIpc) is 2.43. The van der Waals surface area contributed by atoms with Crippen molar-refractivity contribution in [2.75, 3.05) is 24.7 Å². The first-order valence-electron chi connectivity index (χ1n) is 6.77. The molecular weight excluding hydrogens is 258 g/mol. The predicted molar refractivity (Wildman–Crippen MR) is 82.5 cm³/mol. The third-order valence-electron chi connectivity index (χ3n) is 3.07. The third kappa shape index (κ3) is 5.15. The van der Waals surface area contributed by atoms with E-state index in [1.807, 2.05) is 18.2 Å². The van der Waals surface area contributed by atoms with Crippen molar-refractivity contribution in [1.82, 2.24) is 5.32 Å². The van der Waals surface area contributed by atoms with Crippen molar-refractivity contribution in [2.45, 2.75) is 31.8 Å². The van der Waals surface area contributed by atoms with Crippen LogP contribution in [-0.4, -0.2) is 41.0 Å². The summed E-state index contributed by atoms with van der Waals surface area (Å²) in [5.41, 5.74) is 0.730. The molecule has 19 heavy (non-hydrogen) atoms. The topological polar surface area (TPSA) is 52.5 Å². The van der Waals surface area contributed by atoms with Gasteiger partial charge in [-0.15, -0.1) is 0 Å². The van der Waals surface area contributed by atoms with Gasteiger partial charge in [-0.1, -0.05) is 30.3 Å². The second-order valence-electron chi connectivity index (χ2n) is 4.99. The number of nitrogens with one attached hydrogen (secondary N) is 1. The summed E-state index contributed by atoms with van der Waals surface area (Å²) in [5.74, 6) is 1.66. The molecule has 0 saturated carbocycles. The Morgan fingerprint density at radius 1 is 1.16 bits per heavy atom. The number of rotatable bonds is 9. The van der Waals surface area contributed by atoms with Crippen molar-refractivity contribution < 1.29 is 10.2 Å². The van der Waals surface area contributed by atoms with E-state index in [0.717, 1.165) is 23.5 Å². The molecule has 0 bridgehead atoms. The van der Waals surface area contributed by atoms with Crippen LogP contribution in [0.2, 0.25) is 0 Å². The zero-order valence-electron chi connectivity index (χ0n) is 11.8. The van der Waals surface area contributed by atoms with Gasteiger partial charge in [0.05, 0.1) is 18.8 Å². The van der Waals surface area contributed by atoms with Gasteiger partial charge < -0.3 is 15.5 Å². The Morgan fingerprint density at radius 3 is 2.37 bits per heavy atom. The van der Waals surface area contributed by atoms with E-state index in [2.05, 4.69) is 31.3 Å². The first-order chi connectivity index (χ1) is 9.14. The number of benzene rings is 1. The van der Waals surface area contributed by atoms with Crippen LogP contribution in [0.3, 0.4) is 0 Å².